The van der Waals surface area contributed by atoms with Crippen LogP contribution in [0.2, 0.25) is 0 Å². The van der Waals surface area contributed by atoms with E-state index in [4.69, 9.17) is 5.11 Å². The molecule has 0 spiro atoms. The second-order valence-electron chi connectivity index (χ2n) is 4.47. The Morgan fingerprint density at radius 3 is 2.90 bits per heavy atom. The number of fused-ring (bicyclic) bond motifs is 1. The molecule has 0 saturated carbocycles. The smallest absolute Gasteiger partial charge is 0.337 e. The van der Waals surface area contributed by atoms with E-state index in [1.165, 1.54) is 24.4 Å². The summed E-state index contributed by atoms with van der Waals surface area (Å²) in [7, 11) is 0. The summed E-state index contributed by atoms with van der Waals surface area (Å²) >= 11 is 0. The molecule has 0 amide bonds. The van der Waals surface area contributed by atoms with Crippen LogP contribution in [0.5, 0.6) is 0 Å². The van der Waals surface area contributed by atoms with Gasteiger partial charge < -0.3 is 10.1 Å². The first-order valence-corrected chi connectivity index (χ1v) is 6.05. The minimum Gasteiger partial charge on any atom is -0.478 e. The molecular formula is C14H9F2N3O2. The van der Waals surface area contributed by atoms with Gasteiger partial charge in [0, 0.05) is 12.6 Å². The zero-order chi connectivity index (χ0) is 15.0. The molecule has 21 heavy (non-hydrogen) atoms. The lowest BCUT2D eigenvalue weighted by molar-refractivity contribution is 0.0696. The number of aromatic carboxylic acids is 1. The van der Waals surface area contributed by atoms with E-state index in [-0.39, 0.29) is 17.5 Å². The average Bonchev–Trinajstić information content (AvgIpc) is 2.85. The molecule has 0 radical (unpaired) electrons. The van der Waals surface area contributed by atoms with Gasteiger partial charge in [-0.15, -0.1) is 0 Å². The predicted octanol–water partition coefficient (Wildman–Crippen LogP) is 2.53. The number of benzene rings is 1. The van der Waals surface area contributed by atoms with Crippen molar-refractivity contribution >= 4 is 17.1 Å². The number of aromatic amines is 1. The second-order valence-corrected chi connectivity index (χ2v) is 4.47. The molecule has 1 aromatic carbocycles. The third-order valence-electron chi connectivity index (χ3n) is 3.02. The van der Waals surface area contributed by atoms with Gasteiger partial charge >= 0.3 is 5.97 Å². The molecule has 0 saturated heterocycles. The normalized spacial score (nSPS) is 11.0. The van der Waals surface area contributed by atoms with E-state index >= 15 is 0 Å². The van der Waals surface area contributed by atoms with Crippen LogP contribution in [-0.2, 0) is 6.42 Å². The minimum atomic E-state index is -1.10. The first-order valence-electron chi connectivity index (χ1n) is 6.05. The number of nitrogens with one attached hydrogen (secondary N) is 1. The lowest BCUT2D eigenvalue weighted by Gasteiger charge is -2.00. The Morgan fingerprint density at radius 2 is 2.14 bits per heavy atom. The average molecular weight is 289 g/mol. The van der Waals surface area contributed by atoms with Gasteiger partial charge in [0.15, 0.2) is 17.3 Å². The van der Waals surface area contributed by atoms with Crippen molar-refractivity contribution < 1.29 is 18.7 Å². The molecule has 3 aromatic rings. The van der Waals surface area contributed by atoms with Crippen molar-refractivity contribution in [3.05, 3.63) is 59.0 Å². The first kappa shape index (κ1) is 13.2. The lowest BCUT2D eigenvalue weighted by Crippen LogP contribution is -1.97. The maximum absolute atomic E-state index is 13.6. The Labute approximate surface area is 117 Å². The highest BCUT2D eigenvalue weighted by atomic mass is 19.2. The minimum absolute atomic E-state index is 0.0228. The standard InChI is InChI=1S/C14H9F2N3O2/c15-9-3-1-2-7(12(9)16)5-11-18-10-4-8(14(20)21)6-17-13(10)19-11/h1-4,6H,5H2,(H,20,21)(H,17,18,19). The molecule has 0 aliphatic rings. The third kappa shape index (κ3) is 2.45. The van der Waals surface area contributed by atoms with Crippen molar-refractivity contribution in [2.24, 2.45) is 0 Å². The van der Waals surface area contributed by atoms with E-state index < -0.39 is 17.6 Å². The molecule has 2 N–H and O–H groups in total. The summed E-state index contributed by atoms with van der Waals surface area (Å²) in [5.74, 6) is -2.56. The zero-order valence-corrected chi connectivity index (χ0v) is 10.6. The number of carboxylic acid groups (broad SMARTS) is 1. The van der Waals surface area contributed by atoms with Gasteiger partial charge in [-0.1, -0.05) is 12.1 Å². The highest BCUT2D eigenvalue weighted by Gasteiger charge is 2.12. The molecule has 0 aliphatic carbocycles. The predicted molar refractivity (Wildman–Crippen MR) is 70.0 cm³/mol. The Hall–Kier alpha value is -2.83. The third-order valence-corrected chi connectivity index (χ3v) is 3.02. The van der Waals surface area contributed by atoms with Crippen molar-refractivity contribution in [3.63, 3.8) is 0 Å². The number of hydrogen-bond acceptors (Lipinski definition) is 3. The van der Waals surface area contributed by atoms with Crippen molar-refractivity contribution in [1.29, 1.82) is 0 Å². The van der Waals surface area contributed by atoms with Crippen LogP contribution < -0.4 is 0 Å². The van der Waals surface area contributed by atoms with Crippen LogP contribution in [-0.4, -0.2) is 26.0 Å². The summed E-state index contributed by atoms with van der Waals surface area (Å²) in [6, 6.07) is 5.31. The van der Waals surface area contributed by atoms with Crippen LogP contribution in [0.15, 0.2) is 30.5 Å². The Morgan fingerprint density at radius 1 is 1.33 bits per heavy atom. The monoisotopic (exact) mass is 289 g/mol. The highest BCUT2D eigenvalue weighted by Crippen LogP contribution is 2.17. The van der Waals surface area contributed by atoms with E-state index in [9.17, 15) is 13.6 Å². The number of H-pyrrole nitrogens is 1. The van der Waals surface area contributed by atoms with Crippen LogP contribution >= 0.6 is 0 Å². The van der Waals surface area contributed by atoms with E-state index in [2.05, 4.69) is 15.0 Å². The number of nitrogens with zero attached hydrogens (tertiary/aromatic N) is 2. The van der Waals surface area contributed by atoms with E-state index in [1.54, 1.807) is 0 Å². The SMILES string of the molecule is O=C(O)c1cnc2nc(Cc3cccc(F)c3F)[nH]c2c1. The molecule has 0 atom stereocenters. The molecule has 0 bridgehead atoms. The molecule has 3 rings (SSSR count). The summed E-state index contributed by atoms with van der Waals surface area (Å²) in [6.07, 6.45) is 1.25. The Balaban J connectivity index is 1.98. The van der Waals surface area contributed by atoms with Crippen LogP contribution in [0.3, 0.4) is 0 Å². The highest BCUT2D eigenvalue weighted by molar-refractivity contribution is 5.90. The summed E-state index contributed by atoms with van der Waals surface area (Å²) in [5.41, 5.74) is 0.940. The molecule has 5 nitrogen and oxygen atoms in total. The van der Waals surface area contributed by atoms with E-state index in [0.29, 0.717) is 17.0 Å². The van der Waals surface area contributed by atoms with Crippen LogP contribution in [0, 0.1) is 11.6 Å². The van der Waals surface area contributed by atoms with Crippen LogP contribution in [0.1, 0.15) is 21.7 Å². The van der Waals surface area contributed by atoms with Crippen LogP contribution in [0.4, 0.5) is 8.78 Å². The fraction of sp³-hybridized carbons (Fsp3) is 0.0714. The molecule has 2 aromatic heterocycles. The maximum Gasteiger partial charge on any atom is 0.337 e. The number of aromatic nitrogens is 3. The maximum atomic E-state index is 13.6. The first-order chi connectivity index (χ1) is 10.0. The van der Waals surface area contributed by atoms with Crippen LogP contribution in [0.25, 0.3) is 11.2 Å². The number of carboxylic acids is 1. The quantitative estimate of drug-likeness (QED) is 0.776. The summed E-state index contributed by atoms with van der Waals surface area (Å²) < 4.78 is 26.7. The molecule has 106 valence electrons. The number of hydrogen-bond donors (Lipinski definition) is 2. The number of rotatable bonds is 3. The Bertz CT molecular complexity index is 845. The molecule has 2 heterocycles. The van der Waals surface area contributed by atoms with Gasteiger partial charge in [-0.05, 0) is 17.7 Å². The zero-order valence-electron chi connectivity index (χ0n) is 10.6. The molecule has 0 aliphatic heterocycles. The fourth-order valence-electron chi connectivity index (χ4n) is 2.02. The van der Waals surface area contributed by atoms with Crippen molar-refractivity contribution in [2.45, 2.75) is 6.42 Å². The van der Waals surface area contributed by atoms with Gasteiger partial charge in [0.1, 0.15) is 5.82 Å². The number of halogens is 2. The van der Waals surface area contributed by atoms with E-state index in [0.717, 1.165) is 6.07 Å². The summed E-state index contributed by atoms with van der Waals surface area (Å²) in [5, 5.41) is 8.89. The molecular weight excluding hydrogens is 280 g/mol. The number of carbonyl (C=O) groups is 1. The fourth-order valence-corrected chi connectivity index (χ4v) is 2.02. The van der Waals surface area contributed by atoms with Gasteiger partial charge in [-0.3, -0.25) is 0 Å². The van der Waals surface area contributed by atoms with Gasteiger partial charge in [-0.25, -0.2) is 23.5 Å². The van der Waals surface area contributed by atoms with Crippen molar-refractivity contribution in [3.8, 4) is 0 Å². The van der Waals surface area contributed by atoms with Crippen molar-refractivity contribution in [2.75, 3.05) is 0 Å². The van der Waals surface area contributed by atoms with Gasteiger partial charge in [-0.2, -0.15) is 0 Å². The lowest BCUT2D eigenvalue weighted by atomic mass is 10.1. The number of pyridine rings is 1. The van der Waals surface area contributed by atoms with Gasteiger partial charge in [0.05, 0.1) is 11.1 Å². The van der Waals surface area contributed by atoms with Crippen molar-refractivity contribution in [1.82, 2.24) is 15.0 Å². The molecule has 0 unspecified atom stereocenters. The summed E-state index contributed by atoms with van der Waals surface area (Å²) in [4.78, 5) is 21.8. The van der Waals surface area contributed by atoms with E-state index in [1.807, 2.05) is 0 Å². The van der Waals surface area contributed by atoms with Gasteiger partial charge in [0.25, 0.3) is 0 Å². The largest absolute Gasteiger partial charge is 0.478 e. The van der Waals surface area contributed by atoms with Gasteiger partial charge in [0.2, 0.25) is 0 Å². The Kier molecular flexibility index (Phi) is 3.09. The number of imidazole rings is 1. The molecule has 0 fully saturated rings. The molecule has 7 heteroatoms. The second kappa shape index (κ2) is 4.93. The summed E-state index contributed by atoms with van der Waals surface area (Å²) in [6.45, 7) is 0. The topological polar surface area (TPSA) is 78.9 Å².